The fourth-order valence-electron chi connectivity index (χ4n) is 10.8. The molecular formula is C39H71IO9Si3. The monoisotopic (exact) mass is 894 g/mol. The molecule has 3 aliphatic carbocycles. The summed E-state index contributed by atoms with van der Waals surface area (Å²) in [5, 5.41) is 25.0. The number of rotatable bonds is 16. The Morgan fingerprint density at radius 1 is 0.788 bits per heavy atom. The van der Waals surface area contributed by atoms with Crippen LogP contribution in [0.1, 0.15) is 103 Å². The van der Waals surface area contributed by atoms with Crippen molar-refractivity contribution in [2.75, 3.05) is 4.43 Å². The summed E-state index contributed by atoms with van der Waals surface area (Å²) in [7, 11) is -7.08. The molecule has 0 radical (unpaired) electrons. The van der Waals surface area contributed by atoms with E-state index in [1.54, 1.807) is 0 Å². The molecule has 4 aliphatic rings. The third-order valence-corrected chi connectivity index (χ3v) is 30.6. The number of ketones is 1. The van der Waals surface area contributed by atoms with Crippen LogP contribution in [-0.2, 0) is 27.5 Å². The molecule has 1 aliphatic heterocycles. The van der Waals surface area contributed by atoms with Crippen molar-refractivity contribution in [3.8, 4) is 0 Å². The first-order valence-corrected chi connectivity index (χ1v) is 29.6. The molecule has 9 atom stereocenters. The number of halogens is 1. The Balaban J connectivity index is 2.19. The number of aliphatic hydroxyl groups is 2. The van der Waals surface area contributed by atoms with Crippen LogP contribution in [0.5, 0.6) is 0 Å². The Bertz CT molecular complexity index is 1320. The average Bonchev–Trinajstić information content (AvgIpc) is 3.47. The van der Waals surface area contributed by atoms with Crippen molar-refractivity contribution < 1.29 is 42.6 Å². The highest BCUT2D eigenvalue weighted by molar-refractivity contribution is 14.1. The van der Waals surface area contributed by atoms with Crippen LogP contribution in [0.15, 0.2) is 11.1 Å². The van der Waals surface area contributed by atoms with Gasteiger partial charge in [-0.05, 0) is 79.4 Å². The lowest BCUT2D eigenvalue weighted by Gasteiger charge is -2.64. The SMILES string of the molecule is CC[Si](CC)(CC)O[C@H]1C(=O)[C@]2(C)[C@@H](O[Si](CC)(CC)CC)C[C@H](O)[C@@](O)(CI)[C@H]2[C@@H]2OC(=O)O[C@]23C[C@H](O[Si](CC)(CC)CC)C(C)=C1C3(C)C. The minimum atomic E-state index is -2.48. The average molecular weight is 895 g/mol. The molecule has 52 heavy (non-hydrogen) atoms. The zero-order chi connectivity index (χ0) is 39.3. The highest BCUT2D eigenvalue weighted by Crippen LogP contribution is 2.66. The first-order chi connectivity index (χ1) is 24.3. The number of carbonyl (C=O) groups is 2. The second kappa shape index (κ2) is 16.0. The number of fused-ring (bicyclic) bond motifs is 3. The van der Waals surface area contributed by atoms with E-state index in [9.17, 15) is 15.0 Å². The van der Waals surface area contributed by atoms with Crippen molar-refractivity contribution in [1.82, 2.24) is 0 Å². The lowest BCUT2D eigenvalue weighted by molar-refractivity contribution is -0.245. The summed E-state index contributed by atoms with van der Waals surface area (Å²) in [6, 6.07) is 7.90. The molecule has 2 bridgehead atoms. The zero-order valence-corrected chi connectivity index (χ0v) is 39.7. The molecule has 1 heterocycles. The quantitative estimate of drug-likeness (QED) is 0.0514. The molecular weight excluding hydrogens is 824 g/mol. The molecule has 4 rings (SSSR count). The van der Waals surface area contributed by atoms with E-state index in [1.807, 2.05) is 6.92 Å². The smallest absolute Gasteiger partial charge is 0.426 e. The molecule has 1 spiro atoms. The molecule has 2 N–H and O–H groups in total. The predicted molar refractivity (Wildman–Crippen MR) is 222 cm³/mol. The molecule has 0 aromatic carbocycles. The first kappa shape index (κ1) is 44.6. The van der Waals surface area contributed by atoms with Gasteiger partial charge < -0.3 is 33.0 Å². The van der Waals surface area contributed by atoms with Crippen LogP contribution < -0.4 is 0 Å². The third kappa shape index (κ3) is 6.64. The second-order valence-corrected chi connectivity index (χ2v) is 32.1. The molecule has 1 saturated heterocycles. The topological polar surface area (TPSA) is 121 Å². The molecule has 0 aromatic heterocycles. The summed E-state index contributed by atoms with van der Waals surface area (Å²) in [6.45, 7) is 27.7. The van der Waals surface area contributed by atoms with Gasteiger partial charge in [0, 0.05) is 28.6 Å². The Morgan fingerprint density at radius 2 is 1.25 bits per heavy atom. The van der Waals surface area contributed by atoms with Crippen molar-refractivity contribution >= 4 is 59.5 Å². The Morgan fingerprint density at radius 3 is 1.71 bits per heavy atom. The van der Waals surface area contributed by atoms with E-state index >= 15 is 4.79 Å². The molecule has 9 nitrogen and oxygen atoms in total. The molecule has 0 aromatic rings. The van der Waals surface area contributed by atoms with Gasteiger partial charge in [0.25, 0.3) is 0 Å². The fourth-order valence-corrected chi connectivity index (χ4v) is 20.4. The van der Waals surface area contributed by atoms with Crippen LogP contribution in [-0.4, -0.2) is 93.3 Å². The van der Waals surface area contributed by atoms with Crippen molar-refractivity contribution in [3.63, 3.8) is 0 Å². The lowest BCUT2D eigenvalue weighted by Crippen LogP contribution is -2.77. The van der Waals surface area contributed by atoms with Gasteiger partial charge in [0.2, 0.25) is 0 Å². The number of aliphatic hydroxyl groups excluding tert-OH is 1. The molecule has 0 amide bonds. The number of hydrogen-bond acceptors (Lipinski definition) is 9. The Kier molecular flexibility index (Phi) is 13.7. The lowest BCUT2D eigenvalue weighted by atomic mass is 9.45. The zero-order valence-electron chi connectivity index (χ0n) is 34.6. The van der Waals surface area contributed by atoms with E-state index in [0.29, 0.717) is 6.42 Å². The van der Waals surface area contributed by atoms with Gasteiger partial charge in [0.15, 0.2) is 42.4 Å². The predicted octanol–water partition coefficient (Wildman–Crippen LogP) is 9.31. The molecule has 300 valence electrons. The van der Waals surface area contributed by atoms with Gasteiger partial charge in [-0.25, -0.2) is 4.79 Å². The standard InChI is InChI=1S/C39H71IO9Si3/c1-14-50(15-2,16-3)47-27-24-39-34(45-35(43)46-39)32-37(13,29(23-28(41)38(32,44)25-40)48-51(17-4,18-5)19-6)33(42)31(30(26(27)10)36(39,11)12)49-52(20-7,21-8)22-9/h27-29,31-32,34,41,44H,14-25H2,1-13H3/t27-,28-,29-,31+,32-,34-,37+,38-,39+/m0/s1. The van der Waals surface area contributed by atoms with Crippen LogP contribution >= 0.6 is 22.6 Å². The number of Topliss-reactive ketones (excluding diaryl/α,β-unsaturated/α-hetero) is 1. The van der Waals surface area contributed by atoms with Gasteiger partial charge in [-0.3, -0.25) is 4.79 Å². The number of carbonyl (C=O) groups excluding carboxylic acids is 2. The van der Waals surface area contributed by atoms with E-state index in [2.05, 4.69) is 106 Å². The van der Waals surface area contributed by atoms with Gasteiger partial charge in [-0.1, -0.05) is 98.8 Å². The van der Waals surface area contributed by atoms with Gasteiger partial charge in [-0.15, -0.1) is 0 Å². The minimum Gasteiger partial charge on any atom is -0.426 e. The van der Waals surface area contributed by atoms with Gasteiger partial charge in [0.1, 0.15) is 11.7 Å². The highest BCUT2D eigenvalue weighted by atomic mass is 127. The Labute approximate surface area is 331 Å². The summed E-state index contributed by atoms with van der Waals surface area (Å²) in [5.74, 6) is -1.19. The summed E-state index contributed by atoms with van der Waals surface area (Å²) in [5.41, 5.74) is -3.65. The fraction of sp³-hybridized carbons (Fsp3) is 0.897. The molecule has 3 fully saturated rings. The van der Waals surface area contributed by atoms with Crippen molar-refractivity contribution in [2.45, 2.75) is 199 Å². The number of alkyl halides is 1. The van der Waals surface area contributed by atoms with Crippen LogP contribution in [0, 0.1) is 16.7 Å². The van der Waals surface area contributed by atoms with Crippen molar-refractivity contribution in [2.24, 2.45) is 16.7 Å². The van der Waals surface area contributed by atoms with E-state index < -0.39 is 89.6 Å². The number of hydrogen-bond donors (Lipinski definition) is 2. The van der Waals surface area contributed by atoms with Gasteiger partial charge in [-0.2, -0.15) is 0 Å². The summed E-state index contributed by atoms with van der Waals surface area (Å²) < 4.78 is 35.2. The van der Waals surface area contributed by atoms with Crippen LogP contribution in [0.4, 0.5) is 4.79 Å². The third-order valence-electron chi connectivity index (χ3n) is 15.4. The maximum Gasteiger partial charge on any atom is 0.509 e. The van der Waals surface area contributed by atoms with E-state index in [0.717, 1.165) is 65.5 Å². The van der Waals surface area contributed by atoms with Crippen molar-refractivity contribution in [1.29, 1.82) is 0 Å². The molecule has 2 saturated carbocycles. The summed E-state index contributed by atoms with van der Waals surface area (Å²) in [6.07, 6.45) is -4.83. The van der Waals surface area contributed by atoms with E-state index in [4.69, 9.17) is 22.8 Å². The van der Waals surface area contributed by atoms with E-state index in [1.165, 1.54) is 0 Å². The summed E-state index contributed by atoms with van der Waals surface area (Å²) in [4.78, 5) is 30.1. The second-order valence-electron chi connectivity index (χ2n) is 17.1. The van der Waals surface area contributed by atoms with Crippen LogP contribution in [0.25, 0.3) is 0 Å². The normalized spacial score (nSPS) is 36.5. The highest BCUT2D eigenvalue weighted by Gasteiger charge is 2.78. The maximum absolute atomic E-state index is 16.3. The van der Waals surface area contributed by atoms with Gasteiger partial charge in [0.05, 0.1) is 23.7 Å². The maximum atomic E-state index is 16.3. The van der Waals surface area contributed by atoms with Gasteiger partial charge >= 0.3 is 6.16 Å². The minimum absolute atomic E-state index is 0.0942. The number of ether oxygens (including phenoxy) is 2. The van der Waals surface area contributed by atoms with Crippen LogP contribution in [0.2, 0.25) is 54.4 Å². The van der Waals surface area contributed by atoms with Crippen molar-refractivity contribution in [3.05, 3.63) is 11.1 Å². The largest absolute Gasteiger partial charge is 0.509 e. The molecule has 0 unspecified atom stereocenters. The van der Waals surface area contributed by atoms with E-state index in [-0.39, 0.29) is 16.6 Å². The van der Waals surface area contributed by atoms with Crippen LogP contribution in [0.3, 0.4) is 0 Å². The first-order valence-electron chi connectivity index (χ1n) is 20.4. The molecule has 13 heteroatoms. The Hall–Kier alpha value is -0.139. The summed E-state index contributed by atoms with van der Waals surface area (Å²) >= 11 is 2.12.